The van der Waals surface area contributed by atoms with Gasteiger partial charge in [0.25, 0.3) is 0 Å². The molecule has 3 aromatic rings. The fraction of sp³-hybridized carbons (Fsp3) is 0.281. The van der Waals surface area contributed by atoms with Crippen LogP contribution in [0.1, 0.15) is 23.6 Å². The average Bonchev–Trinajstić information content (AvgIpc) is 3.00. The van der Waals surface area contributed by atoms with Crippen LogP contribution in [0.25, 0.3) is 0 Å². The number of allylic oxidation sites excluding steroid dienone is 1. The minimum absolute atomic E-state index is 0.00555. The first-order valence-electron chi connectivity index (χ1n) is 14.1. The largest absolute Gasteiger partial charge is 0.508 e. The number of phenolic OH excluding ortho intramolecular Hbond substituents is 1. The first-order valence-corrected chi connectivity index (χ1v) is 14.1. The van der Waals surface area contributed by atoms with Gasteiger partial charge in [-0.3, -0.25) is 14.6 Å². The van der Waals surface area contributed by atoms with Crippen LogP contribution in [-0.2, 0) is 29.1 Å². The number of hydrazine groups is 1. The fourth-order valence-electron chi connectivity index (χ4n) is 5.70. The number of piperazine rings is 1. The molecule has 10 nitrogen and oxygen atoms in total. The molecular formula is C32H33F2N5O5. The molecule has 0 bridgehead atoms. The van der Waals surface area contributed by atoms with E-state index in [-0.39, 0.29) is 37.4 Å². The van der Waals surface area contributed by atoms with Crippen molar-refractivity contribution in [2.45, 2.75) is 44.7 Å². The zero-order valence-electron chi connectivity index (χ0n) is 24.1. The number of nitrogens with one attached hydrogen (secondary N) is 1. The Morgan fingerprint density at radius 3 is 2.36 bits per heavy atom. The van der Waals surface area contributed by atoms with Crippen molar-refractivity contribution >= 4 is 17.8 Å². The summed E-state index contributed by atoms with van der Waals surface area (Å²) in [4.78, 5) is 44.4. The van der Waals surface area contributed by atoms with Crippen LogP contribution in [0.5, 0.6) is 5.75 Å². The lowest BCUT2D eigenvalue weighted by Gasteiger charge is -2.58. The number of urea groups is 1. The molecule has 4 amide bonds. The molecule has 0 aromatic heterocycles. The highest BCUT2D eigenvalue weighted by molar-refractivity contribution is 5.92. The van der Waals surface area contributed by atoms with Gasteiger partial charge in [0.15, 0.2) is 6.17 Å². The van der Waals surface area contributed by atoms with Gasteiger partial charge in [-0.05, 0) is 36.2 Å². The number of aliphatic hydroxyl groups is 1. The maximum Gasteiger partial charge on any atom is 0.338 e. The summed E-state index contributed by atoms with van der Waals surface area (Å²) in [5, 5.41) is 26.0. The molecule has 0 aliphatic carbocycles. The molecule has 3 aromatic carbocycles. The van der Waals surface area contributed by atoms with Gasteiger partial charge >= 0.3 is 6.03 Å². The molecule has 2 fully saturated rings. The van der Waals surface area contributed by atoms with E-state index in [0.29, 0.717) is 17.3 Å². The Kier molecular flexibility index (Phi) is 8.81. The molecule has 3 N–H and O–H groups in total. The van der Waals surface area contributed by atoms with E-state index in [2.05, 4.69) is 11.9 Å². The van der Waals surface area contributed by atoms with Gasteiger partial charge in [-0.15, -0.1) is 0 Å². The van der Waals surface area contributed by atoms with Crippen molar-refractivity contribution in [3.63, 3.8) is 0 Å². The van der Waals surface area contributed by atoms with Crippen LogP contribution in [-0.4, -0.2) is 79.3 Å². The highest BCUT2D eigenvalue weighted by Gasteiger charge is 2.56. The molecule has 2 saturated heterocycles. The van der Waals surface area contributed by atoms with Crippen LogP contribution in [0, 0.1) is 11.6 Å². The minimum atomic E-state index is -1.21. The molecule has 3 atom stereocenters. The van der Waals surface area contributed by atoms with Gasteiger partial charge in [-0.1, -0.05) is 55.1 Å². The van der Waals surface area contributed by atoms with Crippen LogP contribution in [0.15, 0.2) is 85.1 Å². The number of carbonyl (C=O) groups excluding carboxylic acids is 3. The second kappa shape index (κ2) is 12.7. The van der Waals surface area contributed by atoms with Crippen LogP contribution < -0.4 is 5.32 Å². The number of aromatic hydroxyl groups is 1. The van der Waals surface area contributed by atoms with Gasteiger partial charge < -0.3 is 25.3 Å². The van der Waals surface area contributed by atoms with Crippen LogP contribution >= 0.6 is 0 Å². The van der Waals surface area contributed by atoms with Crippen LogP contribution in [0.2, 0.25) is 0 Å². The molecule has 5 rings (SSSR count). The molecule has 0 unspecified atom stereocenters. The Bertz CT molecular complexity index is 1550. The molecule has 2 aliphatic heterocycles. The van der Waals surface area contributed by atoms with Crippen molar-refractivity contribution in [3.05, 3.63) is 113 Å². The number of rotatable bonds is 8. The van der Waals surface area contributed by atoms with Gasteiger partial charge in [0, 0.05) is 36.8 Å². The second-order valence-corrected chi connectivity index (χ2v) is 10.8. The van der Waals surface area contributed by atoms with E-state index in [4.69, 9.17) is 0 Å². The van der Waals surface area contributed by atoms with E-state index >= 15 is 0 Å². The molecule has 230 valence electrons. The summed E-state index contributed by atoms with van der Waals surface area (Å²) in [6, 6.07) is 15.3. The summed E-state index contributed by atoms with van der Waals surface area (Å²) in [6.07, 6.45) is -1.20. The molecule has 0 radical (unpaired) electrons. The minimum Gasteiger partial charge on any atom is -0.508 e. The summed E-state index contributed by atoms with van der Waals surface area (Å²) < 4.78 is 28.6. The Morgan fingerprint density at radius 2 is 1.73 bits per heavy atom. The molecule has 2 aliphatic rings. The van der Waals surface area contributed by atoms with Crippen LogP contribution in [0.3, 0.4) is 0 Å². The van der Waals surface area contributed by atoms with Gasteiger partial charge in [0.05, 0.1) is 12.6 Å². The highest BCUT2D eigenvalue weighted by Crippen LogP contribution is 2.34. The van der Waals surface area contributed by atoms with E-state index in [9.17, 15) is 33.4 Å². The van der Waals surface area contributed by atoms with Crippen molar-refractivity contribution < 1.29 is 33.4 Å². The third-order valence-corrected chi connectivity index (χ3v) is 7.86. The Hall–Kier alpha value is -4.97. The van der Waals surface area contributed by atoms with Crippen molar-refractivity contribution in [1.82, 2.24) is 25.1 Å². The van der Waals surface area contributed by atoms with Gasteiger partial charge in [0.1, 0.15) is 30.0 Å². The standard InChI is InChI=1S/C32H33F2N5O5/c1-20(2)37-18-29(42)38-27(14-21-8-12-25(41)13-9-21)31(43)36(17-23-10-11-24(33)15-26(23)34)28(19-40)30(38)39(37)32(44)35-16-22-6-4-3-5-7-22/h3-13,15,27-28,30,40-41H,1,14,16-19H2,2H3,(H,35,44)/t27-,28-,30-/m0/s1. The smallest absolute Gasteiger partial charge is 0.338 e. The Balaban J connectivity index is 1.58. The van der Waals surface area contributed by atoms with Gasteiger partial charge in [-0.2, -0.15) is 0 Å². The average molecular weight is 606 g/mol. The molecular weight excluding hydrogens is 572 g/mol. The normalized spacial score (nSPS) is 20.0. The number of hydrogen-bond donors (Lipinski definition) is 3. The van der Waals surface area contributed by atoms with Crippen molar-refractivity contribution in [2.75, 3.05) is 13.2 Å². The van der Waals surface area contributed by atoms with Crippen molar-refractivity contribution in [1.29, 1.82) is 0 Å². The van der Waals surface area contributed by atoms with E-state index in [1.165, 1.54) is 38.0 Å². The van der Waals surface area contributed by atoms with E-state index in [1.807, 2.05) is 30.3 Å². The zero-order valence-corrected chi connectivity index (χ0v) is 24.1. The molecule has 0 spiro atoms. The molecule has 0 saturated carbocycles. The van der Waals surface area contributed by atoms with Gasteiger partial charge in [0.2, 0.25) is 11.8 Å². The maximum absolute atomic E-state index is 14.9. The van der Waals surface area contributed by atoms with E-state index in [0.717, 1.165) is 11.6 Å². The third kappa shape index (κ3) is 6.06. The topological polar surface area (TPSA) is 117 Å². The first kappa shape index (κ1) is 30.5. The monoisotopic (exact) mass is 605 g/mol. The number of phenols is 1. The number of halogens is 2. The number of carbonyl (C=O) groups is 3. The lowest BCUT2D eigenvalue weighted by Crippen LogP contribution is -2.79. The SMILES string of the molecule is C=C(C)N1CC(=O)N2[C@@H](Cc3ccc(O)cc3)C(=O)N(Cc3ccc(F)cc3F)[C@@H](CO)[C@@H]2N1C(=O)NCc1ccccc1. The summed E-state index contributed by atoms with van der Waals surface area (Å²) >= 11 is 0. The van der Waals surface area contributed by atoms with Gasteiger partial charge in [-0.25, -0.2) is 18.6 Å². The fourth-order valence-corrected chi connectivity index (χ4v) is 5.70. The third-order valence-electron chi connectivity index (χ3n) is 7.86. The Labute approximate surface area is 253 Å². The number of benzene rings is 3. The number of hydrogen-bond acceptors (Lipinski definition) is 6. The summed E-state index contributed by atoms with van der Waals surface area (Å²) in [5.74, 6) is -2.72. The first-order chi connectivity index (χ1) is 21.1. The predicted molar refractivity (Wildman–Crippen MR) is 156 cm³/mol. The number of fused-ring (bicyclic) bond motifs is 1. The molecule has 2 heterocycles. The molecule has 44 heavy (non-hydrogen) atoms. The summed E-state index contributed by atoms with van der Waals surface area (Å²) in [6.45, 7) is 4.41. The maximum atomic E-state index is 14.9. The number of aliphatic hydroxyl groups excluding tert-OH is 1. The summed E-state index contributed by atoms with van der Waals surface area (Å²) in [7, 11) is 0. The lowest BCUT2D eigenvalue weighted by molar-refractivity contribution is -0.199. The quantitative estimate of drug-likeness (QED) is 0.364. The van der Waals surface area contributed by atoms with Crippen molar-refractivity contribution in [3.8, 4) is 5.75 Å². The van der Waals surface area contributed by atoms with E-state index < -0.39 is 54.3 Å². The highest BCUT2D eigenvalue weighted by atomic mass is 19.1. The lowest BCUT2D eigenvalue weighted by atomic mass is 9.94. The van der Waals surface area contributed by atoms with E-state index in [1.54, 1.807) is 19.1 Å². The number of nitrogens with zero attached hydrogens (tertiary/aromatic N) is 4. The Morgan fingerprint density at radius 1 is 1.02 bits per heavy atom. The second-order valence-electron chi connectivity index (χ2n) is 10.8. The molecule has 12 heteroatoms. The summed E-state index contributed by atoms with van der Waals surface area (Å²) in [5.41, 5.74) is 1.80. The zero-order chi connectivity index (χ0) is 31.5. The van der Waals surface area contributed by atoms with Crippen molar-refractivity contribution in [2.24, 2.45) is 0 Å². The van der Waals surface area contributed by atoms with Crippen LogP contribution in [0.4, 0.5) is 13.6 Å². The number of amides is 4. The predicted octanol–water partition coefficient (Wildman–Crippen LogP) is 3.12.